The number of allylic oxidation sites excluding steroid dienone is 2. The lowest BCUT2D eigenvalue weighted by Gasteiger charge is -2.46. The van der Waals surface area contributed by atoms with Crippen LogP contribution < -0.4 is 4.74 Å². The monoisotopic (exact) mass is 274 g/mol. The van der Waals surface area contributed by atoms with E-state index in [2.05, 4.69) is 26.8 Å². The standard InChI is InChI=1S/C17H22O2.CH4/c1-10-5-6-13-12(7-10)16-14(18)8-11(2)9-15(16)19-17(13,3)4;/h7-9,12-13,18H,5-6H2,1-4H3;1H4/t12?,13-;/m1./s1. The molecule has 1 aliphatic heterocycles. The second kappa shape index (κ2) is 4.83. The number of aromatic hydroxyl groups is 1. The van der Waals surface area contributed by atoms with Crippen molar-refractivity contribution in [1.29, 1.82) is 0 Å². The molecule has 2 heteroatoms. The van der Waals surface area contributed by atoms with Crippen LogP contribution in [0.25, 0.3) is 0 Å². The first-order valence-electron chi connectivity index (χ1n) is 7.08. The van der Waals surface area contributed by atoms with Crippen molar-refractivity contribution in [3.63, 3.8) is 0 Å². The fourth-order valence-electron chi connectivity index (χ4n) is 3.66. The smallest absolute Gasteiger partial charge is 0.127 e. The predicted molar refractivity (Wildman–Crippen MR) is 83.5 cm³/mol. The molecule has 110 valence electrons. The summed E-state index contributed by atoms with van der Waals surface area (Å²) >= 11 is 0. The molecule has 1 N–H and O–H groups in total. The molecule has 3 rings (SSSR count). The first-order chi connectivity index (χ1) is 8.88. The summed E-state index contributed by atoms with van der Waals surface area (Å²) in [5.41, 5.74) is 3.27. The minimum Gasteiger partial charge on any atom is -0.507 e. The van der Waals surface area contributed by atoms with E-state index in [1.165, 1.54) is 5.57 Å². The summed E-state index contributed by atoms with van der Waals surface area (Å²) < 4.78 is 6.20. The molecular weight excluding hydrogens is 248 g/mol. The second-order valence-corrected chi connectivity index (χ2v) is 6.59. The Bertz CT molecular complexity index is 555. The Balaban J connectivity index is 0.00000147. The number of phenols is 1. The zero-order chi connectivity index (χ0) is 13.8. The van der Waals surface area contributed by atoms with Gasteiger partial charge in [0.25, 0.3) is 0 Å². The number of aryl methyl sites for hydroxylation is 1. The van der Waals surface area contributed by atoms with E-state index in [1.54, 1.807) is 0 Å². The van der Waals surface area contributed by atoms with Gasteiger partial charge >= 0.3 is 0 Å². The minimum atomic E-state index is -0.172. The van der Waals surface area contributed by atoms with E-state index in [1.807, 2.05) is 19.1 Å². The summed E-state index contributed by atoms with van der Waals surface area (Å²) in [4.78, 5) is 0. The predicted octanol–water partition coefficient (Wildman–Crippen LogP) is 4.95. The zero-order valence-corrected chi connectivity index (χ0v) is 12.2. The number of hydrogen-bond donors (Lipinski definition) is 1. The third kappa shape index (κ3) is 2.21. The summed E-state index contributed by atoms with van der Waals surface area (Å²) in [5, 5.41) is 10.3. The van der Waals surface area contributed by atoms with Crippen LogP contribution in [0.3, 0.4) is 0 Å². The summed E-state index contributed by atoms with van der Waals surface area (Å²) in [7, 11) is 0. The maximum absolute atomic E-state index is 10.3. The lowest BCUT2D eigenvalue weighted by molar-refractivity contribution is 0.0107. The van der Waals surface area contributed by atoms with Gasteiger partial charge in [-0.2, -0.15) is 0 Å². The fourth-order valence-corrected chi connectivity index (χ4v) is 3.66. The quantitative estimate of drug-likeness (QED) is 0.678. The Morgan fingerprint density at radius 2 is 1.95 bits per heavy atom. The maximum atomic E-state index is 10.3. The van der Waals surface area contributed by atoms with Gasteiger partial charge in [-0.05, 0) is 58.2 Å². The van der Waals surface area contributed by atoms with Crippen LogP contribution in [0.4, 0.5) is 0 Å². The number of fused-ring (bicyclic) bond motifs is 3. The summed E-state index contributed by atoms with van der Waals surface area (Å²) in [6, 6.07) is 3.89. The fraction of sp³-hybridized carbons (Fsp3) is 0.556. The SMILES string of the molecule is C.CC1=CC2c3c(O)cc(C)cc3OC(C)(C)[C@@H]2CC1. The molecule has 0 saturated carbocycles. The molecule has 0 saturated heterocycles. The number of ether oxygens (including phenoxy) is 1. The van der Waals surface area contributed by atoms with Crippen molar-refractivity contribution >= 4 is 0 Å². The third-order valence-corrected chi connectivity index (χ3v) is 4.61. The minimum absolute atomic E-state index is 0. The Morgan fingerprint density at radius 1 is 1.25 bits per heavy atom. The van der Waals surface area contributed by atoms with Crippen LogP contribution >= 0.6 is 0 Å². The molecule has 0 fully saturated rings. The highest BCUT2D eigenvalue weighted by Crippen LogP contribution is 2.53. The van der Waals surface area contributed by atoms with Crippen LogP contribution in [0, 0.1) is 12.8 Å². The van der Waals surface area contributed by atoms with Crippen LogP contribution in [-0.2, 0) is 0 Å². The van der Waals surface area contributed by atoms with Crippen molar-refractivity contribution in [2.45, 2.75) is 59.5 Å². The normalized spacial score (nSPS) is 26.5. The van der Waals surface area contributed by atoms with E-state index in [4.69, 9.17) is 4.74 Å². The highest BCUT2D eigenvalue weighted by molar-refractivity contribution is 5.53. The Hall–Kier alpha value is -1.44. The molecule has 0 amide bonds. The van der Waals surface area contributed by atoms with Gasteiger partial charge < -0.3 is 9.84 Å². The van der Waals surface area contributed by atoms with E-state index in [9.17, 15) is 5.11 Å². The lowest BCUT2D eigenvalue weighted by Crippen LogP contribution is -2.45. The highest BCUT2D eigenvalue weighted by atomic mass is 16.5. The molecule has 1 unspecified atom stereocenters. The van der Waals surface area contributed by atoms with Crippen molar-refractivity contribution in [3.05, 3.63) is 34.9 Å². The average Bonchev–Trinajstić information content (AvgIpc) is 2.25. The Labute approximate surface area is 122 Å². The molecule has 2 nitrogen and oxygen atoms in total. The van der Waals surface area contributed by atoms with E-state index in [-0.39, 0.29) is 18.9 Å². The number of rotatable bonds is 0. The van der Waals surface area contributed by atoms with Crippen LogP contribution in [0.1, 0.15) is 58.1 Å². The summed E-state index contributed by atoms with van der Waals surface area (Å²) in [5.74, 6) is 1.96. The average molecular weight is 274 g/mol. The van der Waals surface area contributed by atoms with Crippen molar-refractivity contribution in [3.8, 4) is 11.5 Å². The van der Waals surface area contributed by atoms with Gasteiger partial charge in [0.05, 0.1) is 0 Å². The number of hydrogen-bond acceptors (Lipinski definition) is 2. The van der Waals surface area contributed by atoms with Crippen molar-refractivity contribution in [1.82, 2.24) is 0 Å². The molecule has 1 aromatic rings. The Morgan fingerprint density at radius 3 is 2.65 bits per heavy atom. The number of phenolic OH excluding ortho intramolecular Hbond substituents is 1. The lowest BCUT2D eigenvalue weighted by atomic mass is 9.68. The molecule has 2 atom stereocenters. The summed E-state index contributed by atoms with van der Waals surface area (Å²) in [6.45, 7) is 8.51. The topological polar surface area (TPSA) is 29.5 Å². The van der Waals surface area contributed by atoms with Gasteiger partial charge in [0, 0.05) is 17.4 Å². The van der Waals surface area contributed by atoms with E-state index >= 15 is 0 Å². The first-order valence-corrected chi connectivity index (χ1v) is 7.08. The van der Waals surface area contributed by atoms with E-state index < -0.39 is 0 Å². The molecule has 1 heterocycles. The third-order valence-electron chi connectivity index (χ3n) is 4.61. The van der Waals surface area contributed by atoms with Crippen molar-refractivity contribution in [2.75, 3.05) is 0 Å². The molecule has 0 spiro atoms. The molecule has 1 aromatic carbocycles. The van der Waals surface area contributed by atoms with Gasteiger partial charge in [0.15, 0.2) is 0 Å². The Kier molecular flexibility index (Phi) is 3.62. The van der Waals surface area contributed by atoms with Crippen LogP contribution in [0.15, 0.2) is 23.8 Å². The van der Waals surface area contributed by atoms with Gasteiger partial charge in [0.1, 0.15) is 17.1 Å². The number of benzene rings is 1. The van der Waals surface area contributed by atoms with Gasteiger partial charge in [0.2, 0.25) is 0 Å². The van der Waals surface area contributed by atoms with Crippen LogP contribution in [0.5, 0.6) is 11.5 Å². The molecule has 0 aromatic heterocycles. The van der Waals surface area contributed by atoms with Crippen LogP contribution in [-0.4, -0.2) is 10.7 Å². The molecule has 2 aliphatic rings. The van der Waals surface area contributed by atoms with Crippen LogP contribution in [0.2, 0.25) is 0 Å². The van der Waals surface area contributed by atoms with Gasteiger partial charge in [-0.25, -0.2) is 0 Å². The van der Waals surface area contributed by atoms with Crippen molar-refractivity contribution in [2.24, 2.45) is 5.92 Å². The van der Waals surface area contributed by atoms with E-state index in [0.717, 1.165) is 29.7 Å². The molecule has 1 aliphatic carbocycles. The highest BCUT2D eigenvalue weighted by Gasteiger charge is 2.45. The summed E-state index contributed by atoms with van der Waals surface area (Å²) in [6.07, 6.45) is 4.59. The van der Waals surface area contributed by atoms with Gasteiger partial charge in [-0.3, -0.25) is 0 Å². The van der Waals surface area contributed by atoms with Gasteiger partial charge in [-0.1, -0.05) is 19.1 Å². The molecule has 0 radical (unpaired) electrons. The second-order valence-electron chi connectivity index (χ2n) is 6.59. The van der Waals surface area contributed by atoms with E-state index in [0.29, 0.717) is 11.7 Å². The first kappa shape index (κ1) is 15.0. The largest absolute Gasteiger partial charge is 0.507 e. The van der Waals surface area contributed by atoms with Gasteiger partial charge in [-0.15, -0.1) is 0 Å². The zero-order valence-electron chi connectivity index (χ0n) is 12.2. The molecule has 0 bridgehead atoms. The molecular formula is C18H26O2. The molecule has 20 heavy (non-hydrogen) atoms. The maximum Gasteiger partial charge on any atom is 0.127 e. The van der Waals surface area contributed by atoms with Crippen molar-refractivity contribution < 1.29 is 9.84 Å².